The first-order valence-corrected chi connectivity index (χ1v) is 5.04. The molecule has 0 aliphatic heterocycles. The van der Waals surface area contributed by atoms with E-state index in [0.717, 1.165) is 4.47 Å². The zero-order valence-electron chi connectivity index (χ0n) is 7.72. The highest BCUT2D eigenvalue weighted by atomic mass is 79.9. The number of anilines is 1. The van der Waals surface area contributed by atoms with Gasteiger partial charge in [0.2, 0.25) is 5.88 Å². The summed E-state index contributed by atoms with van der Waals surface area (Å²) in [7, 11) is 0. The van der Waals surface area contributed by atoms with Crippen LogP contribution in [0.3, 0.4) is 0 Å². The highest BCUT2D eigenvalue weighted by Gasteiger charge is 1.99. The van der Waals surface area contributed by atoms with Crippen LogP contribution in [0.15, 0.2) is 41.1 Å². The number of hydrogen-bond donors (Lipinski definition) is 1. The van der Waals surface area contributed by atoms with Crippen LogP contribution in [-0.2, 0) is 0 Å². The average molecular weight is 266 g/mol. The van der Waals surface area contributed by atoms with Gasteiger partial charge in [0.25, 0.3) is 0 Å². The number of nitrogen functional groups attached to an aromatic ring is 1. The van der Waals surface area contributed by atoms with Crippen LogP contribution in [0.25, 0.3) is 0 Å². The first-order valence-electron chi connectivity index (χ1n) is 4.25. The molecule has 0 fully saturated rings. The Labute approximate surface area is 95.2 Å². The Kier molecular flexibility index (Phi) is 2.82. The van der Waals surface area contributed by atoms with Crippen LogP contribution < -0.4 is 10.5 Å². The van der Waals surface area contributed by atoms with Gasteiger partial charge in [0.15, 0.2) is 0 Å². The molecule has 1 aromatic carbocycles. The van der Waals surface area contributed by atoms with Crippen LogP contribution in [0.1, 0.15) is 0 Å². The molecule has 2 N–H and O–H groups in total. The Balaban J connectivity index is 2.18. The first-order chi connectivity index (χ1) is 7.24. The number of hydrogen-bond acceptors (Lipinski definition) is 4. The second-order valence-electron chi connectivity index (χ2n) is 2.84. The zero-order chi connectivity index (χ0) is 10.7. The topological polar surface area (TPSA) is 61.0 Å². The van der Waals surface area contributed by atoms with E-state index in [1.54, 1.807) is 0 Å². The van der Waals surface area contributed by atoms with Crippen molar-refractivity contribution in [2.45, 2.75) is 0 Å². The minimum atomic E-state index is 0.372. The van der Waals surface area contributed by atoms with E-state index in [2.05, 4.69) is 25.9 Å². The van der Waals surface area contributed by atoms with Gasteiger partial charge in [-0.1, -0.05) is 22.0 Å². The van der Waals surface area contributed by atoms with E-state index in [0.29, 0.717) is 17.4 Å². The fourth-order valence-electron chi connectivity index (χ4n) is 1.03. The molecule has 76 valence electrons. The Hall–Kier alpha value is -1.62. The zero-order valence-corrected chi connectivity index (χ0v) is 9.31. The maximum Gasteiger partial charge on any atom is 0.237 e. The minimum Gasteiger partial charge on any atom is -0.437 e. The standard InChI is InChI=1S/C10H8BrN3O/c11-7-2-1-3-8(4-7)15-10-6-13-9(12)5-14-10/h1-6H,(H2,12,13). The lowest BCUT2D eigenvalue weighted by atomic mass is 10.3. The molecule has 1 heterocycles. The molecular formula is C10H8BrN3O. The fourth-order valence-corrected chi connectivity index (χ4v) is 1.41. The first kappa shape index (κ1) is 9.92. The molecule has 1 aromatic heterocycles. The molecule has 2 rings (SSSR count). The molecule has 0 saturated heterocycles. The molecule has 5 heteroatoms. The van der Waals surface area contributed by atoms with E-state index in [1.165, 1.54) is 12.4 Å². The summed E-state index contributed by atoms with van der Waals surface area (Å²) in [6.45, 7) is 0. The van der Waals surface area contributed by atoms with E-state index in [4.69, 9.17) is 10.5 Å². The van der Waals surface area contributed by atoms with Gasteiger partial charge in [0.1, 0.15) is 11.6 Å². The van der Waals surface area contributed by atoms with Crippen LogP contribution in [0, 0.1) is 0 Å². The third-order valence-electron chi connectivity index (χ3n) is 1.67. The molecule has 4 nitrogen and oxygen atoms in total. The van der Waals surface area contributed by atoms with Gasteiger partial charge in [0.05, 0.1) is 12.4 Å². The van der Waals surface area contributed by atoms with Crippen LogP contribution in [0.2, 0.25) is 0 Å². The van der Waals surface area contributed by atoms with E-state index >= 15 is 0 Å². The highest BCUT2D eigenvalue weighted by Crippen LogP contribution is 2.22. The van der Waals surface area contributed by atoms with E-state index in [-0.39, 0.29) is 0 Å². The van der Waals surface area contributed by atoms with Crippen molar-refractivity contribution in [2.75, 3.05) is 5.73 Å². The van der Waals surface area contributed by atoms with Gasteiger partial charge < -0.3 is 10.5 Å². The van der Waals surface area contributed by atoms with Crippen molar-refractivity contribution in [3.8, 4) is 11.6 Å². The molecule has 0 atom stereocenters. The molecule has 0 aliphatic carbocycles. The van der Waals surface area contributed by atoms with Crippen molar-refractivity contribution in [3.05, 3.63) is 41.1 Å². The molecule has 0 radical (unpaired) electrons. The van der Waals surface area contributed by atoms with E-state index < -0.39 is 0 Å². The van der Waals surface area contributed by atoms with Crippen molar-refractivity contribution in [1.82, 2.24) is 9.97 Å². The number of nitrogens with two attached hydrogens (primary N) is 1. The minimum absolute atomic E-state index is 0.372. The summed E-state index contributed by atoms with van der Waals surface area (Å²) in [5.41, 5.74) is 5.41. The van der Waals surface area contributed by atoms with Gasteiger partial charge in [-0.3, -0.25) is 0 Å². The number of benzene rings is 1. The lowest BCUT2D eigenvalue weighted by molar-refractivity contribution is 0.460. The van der Waals surface area contributed by atoms with Gasteiger partial charge in [0, 0.05) is 4.47 Å². The van der Waals surface area contributed by atoms with Crippen LogP contribution >= 0.6 is 15.9 Å². The van der Waals surface area contributed by atoms with E-state index in [9.17, 15) is 0 Å². The molecule has 0 amide bonds. The van der Waals surface area contributed by atoms with Gasteiger partial charge in [-0.15, -0.1) is 0 Å². The quantitative estimate of drug-likeness (QED) is 0.907. The molecular weight excluding hydrogens is 258 g/mol. The number of aromatic nitrogens is 2. The number of nitrogens with zero attached hydrogens (tertiary/aromatic N) is 2. The van der Waals surface area contributed by atoms with Crippen molar-refractivity contribution in [2.24, 2.45) is 0 Å². The summed E-state index contributed by atoms with van der Waals surface area (Å²) in [5.74, 6) is 1.49. The number of ether oxygens (including phenoxy) is 1. The third kappa shape index (κ3) is 2.66. The summed E-state index contributed by atoms with van der Waals surface area (Å²) in [6, 6.07) is 7.48. The lowest BCUT2D eigenvalue weighted by Gasteiger charge is -2.03. The Morgan fingerprint density at radius 2 is 2.07 bits per heavy atom. The molecule has 2 aromatic rings. The molecule has 0 unspecified atom stereocenters. The molecule has 0 saturated carbocycles. The second-order valence-corrected chi connectivity index (χ2v) is 3.75. The van der Waals surface area contributed by atoms with Crippen LogP contribution in [0.4, 0.5) is 5.82 Å². The van der Waals surface area contributed by atoms with Crippen molar-refractivity contribution in [3.63, 3.8) is 0 Å². The van der Waals surface area contributed by atoms with Crippen molar-refractivity contribution >= 4 is 21.7 Å². The second kappa shape index (κ2) is 4.27. The van der Waals surface area contributed by atoms with Crippen LogP contribution in [0.5, 0.6) is 11.6 Å². The van der Waals surface area contributed by atoms with Gasteiger partial charge in [-0.2, -0.15) is 0 Å². The molecule has 15 heavy (non-hydrogen) atoms. The van der Waals surface area contributed by atoms with E-state index in [1.807, 2.05) is 24.3 Å². The summed E-state index contributed by atoms with van der Waals surface area (Å²) in [5, 5.41) is 0. The van der Waals surface area contributed by atoms with Crippen LogP contribution in [-0.4, -0.2) is 9.97 Å². The largest absolute Gasteiger partial charge is 0.437 e. The Morgan fingerprint density at radius 1 is 1.20 bits per heavy atom. The van der Waals surface area contributed by atoms with Gasteiger partial charge in [-0.25, -0.2) is 9.97 Å². The number of halogens is 1. The normalized spacial score (nSPS) is 9.93. The van der Waals surface area contributed by atoms with Gasteiger partial charge >= 0.3 is 0 Å². The Bertz CT molecular complexity index is 458. The highest BCUT2D eigenvalue weighted by molar-refractivity contribution is 9.10. The lowest BCUT2D eigenvalue weighted by Crippen LogP contribution is -1.93. The SMILES string of the molecule is Nc1cnc(Oc2cccc(Br)c2)cn1. The summed E-state index contributed by atoms with van der Waals surface area (Å²) < 4.78 is 6.40. The monoisotopic (exact) mass is 265 g/mol. The molecule has 0 aliphatic rings. The summed E-state index contributed by atoms with van der Waals surface area (Å²) >= 11 is 3.35. The fraction of sp³-hybridized carbons (Fsp3) is 0. The summed E-state index contributed by atoms with van der Waals surface area (Å²) in [6.07, 6.45) is 2.93. The third-order valence-corrected chi connectivity index (χ3v) is 2.16. The van der Waals surface area contributed by atoms with Gasteiger partial charge in [-0.05, 0) is 18.2 Å². The predicted octanol–water partition coefficient (Wildman–Crippen LogP) is 2.61. The maximum absolute atomic E-state index is 5.46. The van der Waals surface area contributed by atoms with Crippen molar-refractivity contribution in [1.29, 1.82) is 0 Å². The predicted molar refractivity (Wildman–Crippen MR) is 60.7 cm³/mol. The Morgan fingerprint density at radius 3 is 2.73 bits per heavy atom. The summed E-state index contributed by atoms with van der Waals surface area (Å²) in [4.78, 5) is 7.85. The molecule has 0 bridgehead atoms. The van der Waals surface area contributed by atoms with Crippen molar-refractivity contribution < 1.29 is 4.74 Å². The number of rotatable bonds is 2. The smallest absolute Gasteiger partial charge is 0.237 e. The maximum atomic E-state index is 5.46. The average Bonchev–Trinajstić information content (AvgIpc) is 2.22. The molecule has 0 spiro atoms.